The predicted octanol–water partition coefficient (Wildman–Crippen LogP) is 0.860. The van der Waals surface area contributed by atoms with Gasteiger partial charge >= 0.3 is 5.97 Å². The van der Waals surface area contributed by atoms with Crippen molar-refractivity contribution in [1.29, 1.82) is 0 Å². The normalized spacial score (nSPS) is 15.9. The first-order valence-electron chi connectivity index (χ1n) is 5.86. The van der Waals surface area contributed by atoms with Gasteiger partial charge in [-0.25, -0.2) is 4.79 Å². The number of nitrogens with zero attached hydrogens (tertiary/aromatic N) is 1. The molecule has 5 nitrogen and oxygen atoms in total. The van der Waals surface area contributed by atoms with Crippen molar-refractivity contribution in [1.82, 2.24) is 10.2 Å². The molecule has 0 aliphatic carbocycles. The minimum absolute atomic E-state index is 0.269. The maximum atomic E-state index is 11.2. The number of carbonyl (C=O) groups is 1. The molecule has 0 amide bonds. The Hall–Kier alpha value is -1.33. The number of rotatable bonds is 5. The maximum Gasteiger partial charge on any atom is 0.373 e. The number of carbonyl (C=O) groups excluding carboxylic acids is 1. The Morgan fingerprint density at radius 2 is 2.35 bits per heavy atom. The molecule has 1 N–H and O–H groups in total. The van der Waals surface area contributed by atoms with E-state index in [4.69, 9.17) is 4.42 Å². The molecule has 0 unspecified atom stereocenters. The Labute approximate surface area is 101 Å². The van der Waals surface area contributed by atoms with Crippen molar-refractivity contribution in [3.05, 3.63) is 23.7 Å². The summed E-state index contributed by atoms with van der Waals surface area (Å²) >= 11 is 0. The molecule has 1 saturated heterocycles. The Morgan fingerprint density at radius 1 is 1.59 bits per heavy atom. The molecule has 0 bridgehead atoms. The van der Waals surface area contributed by atoms with Crippen molar-refractivity contribution < 1.29 is 13.9 Å². The Bertz CT molecular complexity index is 385. The van der Waals surface area contributed by atoms with Gasteiger partial charge in [0, 0.05) is 19.1 Å². The molecule has 17 heavy (non-hydrogen) atoms. The van der Waals surface area contributed by atoms with E-state index in [1.54, 1.807) is 6.07 Å². The van der Waals surface area contributed by atoms with E-state index in [1.165, 1.54) is 7.11 Å². The van der Waals surface area contributed by atoms with Crippen LogP contribution >= 0.6 is 0 Å². The lowest BCUT2D eigenvalue weighted by Gasteiger charge is -2.37. The minimum Gasteiger partial charge on any atom is -0.463 e. The first-order chi connectivity index (χ1) is 8.24. The van der Waals surface area contributed by atoms with E-state index in [-0.39, 0.29) is 5.76 Å². The van der Waals surface area contributed by atoms with Gasteiger partial charge in [-0.1, -0.05) is 6.92 Å². The summed E-state index contributed by atoms with van der Waals surface area (Å²) in [7, 11) is 1.35. The summed E-state index contributed by atoms with van der Waals surface area (Å²) in [6, 6.07) is 4.07. The molecule has 0 aromatic carbocycles. The van der Waals surface area contributed by atoms with Crippen molar-refractivity contribution in [3.8, 4) is 0 Å². The standard InChI is InChI=1S/C12H18N2O3/c1-3-14(9-6-13-7-9)8-10-4-5-11(17-10)12(15)16-2/h4-5,9,13H,3,6-8H2,1-2H3. The van der Waals surface area contributed by atoms with Gasteiger partial charge in [0.15, 0.2) is 0 Å². The van der Waals surface area contributed by atoms with Gasteiger partial charge in [-0.05, 0) is 18.7 Å². The summed E-state index contributed by atoms with van der Waals surface area (Å²) < 4.78 is 10.1. The molecule has 5 heteroatoms. The van der Waals surface area contributed by atoms with Gasteiger partial charge in [0.2, 0.25) is 5.76 Å². The van der Waals surface area contributed by atoms with Crippen molar-refractivity contribution >= 4 is 5.97 Å². The summed E-state index contributed by atoms with van der Waals surface area (Å²) in [5.74, 6) is 0.647. The van der Waals surface area contributed by atoms with Gasteiger partial charge in [0.05, 0.1) is 13.7 Å². The number of esters is 1. The summed E-state index contributed by atoms with van der Waals surface area (Å²) in [6.07, 6.45) is 0. The van der Waals surface area contributed by atoms with Gasteiger partial charge in [-0.15, -0.1) is 0 Å². The second-order valence-corrected chi connectivity index (χ2v) is 4.13. The van der Waals surface area contributed by atoms with Crippen LogP contribution in [0.15, 0.2) is 16.5 Å². The highest BCUT2D eigenvalue weighted by atomic mass is 16.5. The lowest BCUT2D eigenvalue weighted by Crippen LogP contribution is -2.56. The zero-order chi connectivity index (χ0) is 12.3. The fraction of sp³-hybridized carbons (Fsp3) is 0.583. The van der Waals surface area contributed by atoms with Gasteiger partial charge in [0.25, 0.3) is 0 Å². The number of ether oxygens (including phenoxy) is 1. The van der Waals surface area contributed by atoms with Gasteiger partial charge in [0.1, 0.15) is 5.76 Å². The summed E-state index contributed by atoms with van der Waals surface area (Å²) in [5.41, 5.74) is 0. The van der Waals surface area contributed by atoms with Gasteiger partial charge in [-0.3, -0.25) is 4.90 Å². The van der Waals surface area contributed by atoms with Crippen molar-refractivity contribution in [2.45, 2.75) is 19.5 Å². The molecule has 0 spiro atoms. The quantitative estimate of drug-likeness (QED) is 0.771. The van der Waals surface area contributed by atoms with Crippen LogP contribution in [0.5, 0.6) is 0 Å². The number of furan rings is 1. The van der Waals surface area contributed by atoms with E-state index in [2.05, 4.69) is 21.9 Å². The molecule has 0 atom stereocenters. The molecular weight excluding hydrogens is 220 g/mol. The monoisotopic (exact) mass is 238 g/mol. The molecule has 1 fully saturated rings. The third-order valence-electron chi connectivity index (χ3n) is 3.09. The molecule has 1 aliphatic rings. The van der Waals surface area contributed by atoms with Crippen molar-refractivity contribution in [2.24, 2.45) is 0 Å². The number of nitrogens with one attached hydrogen (secondary N) is 1. The topological polar surface area (TPSA) is 54.7 Å². The first kappa shape index (κ1) is 12.1. The van der Waals surface area contributed by atoms with E-state index in [0.717, 1.165) is 31.9 Å². The Kier molecular flexibility index (Phi) is 3.81. The first-order valence-corrected chi connectivity index (χ1v) is 5.86. The number of methoxy groups -OCH3 is 1. The zero-order valence-corrected chi connectivity index (χ0v) is 10.2. The van der Waals surface area contributed by atoms with Crippen LogP contribution in [-0.2, 0) is 11.3 Å². The summed E-state index contributed by atoms with van der Waals surface area (Å²) in [5, 5.41) is 3.25. The molecule has 1 aromatic heterocycles. The van der Waals surface area contributed by atoms with Crippen LogP contribution in [0.1, 0.15) is 23.2 Å². The molecule has 0 radical (unpaired) electrons. The van der Waals surface area contributed by atoms with Crippen LogP contribution in [0.4, 0.5) is 0 Å². The van der Waals surface area contributed by atoms with E-state index >= 15 is 0 Å². The zero-order valence-electron chi connectivity index (χ0n) is 10.2. The molecule has 2 rings (SSSR count). The third kappa shape index (κ3) is 2.68. The molecule has 1 aliphatic heterocycles. The lowest BCUT2D eigenvalue weighted by atomic mass is 10.1. The van der Waals surface area contributed by atoms with Crippen LogP contribution in [0.3, 0.4) is 0 Å². The second-order valence-electron chi connectivity index (χ2n) is 4.13. The van der Waals surface area contributed by atoms with Crippen LogP contribution in [0.25, 0.3) is 0 Å². The average Bonchev–Trinajstić information content (AvgIpc) is 2.73. The maximum absolute atomic E-state index is 11.2. The van der Waals surface area contributed by atoms with Gasteiger partial charge in [-0.2, -0.15) is 0 Å². The summed E-state index contributed by atoms with van der Waals surface area (Å²) in [6.45, 7) is 5.89. The second kappa shape index (κ2) is 5.33. The van der Waals surface area contributed by atoms with Gasteiger partial charge < -0.3 is 14.5 Å². The van der Waals surface area contributed by atoms with E-state index in [1.807, 2.05) is 6.07 Å². The highest BCUT2D eigenvalue weighted by Gasteiger charge is 2.24. The Morgan fingerprint density at radius 3 is 2.88 bits per heavy atom. The predicted molar refractivity (Wildman–Crippen MR) is 62.8 cm³/mol. The number of hydrogen-bond donors (Lipinski definition) is 1. The molecular formula is C12H18N2O3. The third-order valence-corrected chi connectivity index (χ3v) is 3.09. The van der Waals surface area contributed by atoms with E-state index in [0.29, 0.717) is 6.04 Å². The number of likely N-dealkylation sites (N-methyl/N-ethyl adjacent to an activating group) is 1. The Balaban J connectivity index is 1.97. The van der Waals surface area contributed by atoms with Crippen molar-refractivity contribution in [3.63, 3.8) is 0 Å². The van der Waals surface area contributed by atoms with E-state index in [9.17, 15) is 4.79 Å². The number of hydrogen-bond acceptors (Lipinski definition) is 5. The van der Waals surface area contributed by atoms with Crippen LogP contribution in [0.2, 0.25) is 0 Å². The fourth-order valence-electron chi connectivity index (χ4n) is 1.90. The molecule has 1 aromatic rings. The highest BCUT2D eigenvalue weighted by Crippen LogP contribution is 2.14. The molecule has 94 valence electrons. The SMILES string of the molecule is CCN(Cc1ccc(C(=O)OC)o1)C1CNC1. The minimum atomic E-state index is -0.426. The average molecular weight is 238 g/mol. The molecule has 0 saturated carbocycles. The lowest BCUT2D eigenvalue weighted by molar-refractivity contribution is 0.0559. The largest absolute Gasteiger partial charge is 0.463 e. The van der Waals surface area contributed by atoms with E-state index < -0.39 is 5.97 Å². The van der Waals surface area contributed by atoms with Crippen LogP contribution in [-0.4, -0.2) is 43.7 Å². The van der Waals surface area contributed by atoms with Crippen molar-refractivity contribution in [2.75, 3.05) is 26.7 Å². The van der Waals surface area contributed by atoms with Crippen LogP contribution < -0.4 is 5.32 Å². The fourth-order valence-corrected chi connectivity index (χ4v) is 1.90. The van der Waals surface area contributed by atoms with Crippen LogP contribution in [0, 0.1) is 0 Å². The summed E-state index contributed by atoms with van der Waals surface area (Å²) in [4.78, 5) is 13.6. The highest BCUT2D eigenvalue weighted by molar-refractivity contribution is 5.86. The smallest absolute Gasteiger partial charge is 0.373 e. The molecule has 2 heterocycles.